The van der Waals surface area contributed by atoms with Crippen LogP contribution in [0.1, 0.15) is 40.0 Å². The van der Waals surface area contributed by atoms with E-state index in [0.717, 1.165) is 23.7 Å². The second kappa shape index (κ2) is 7.51. The molecule has 0 radical (unpaired) electrons. The molecule has 0 aliphatic carbocycles. The molecule has 1 saturated heterocycles. The zero-order valence-corrected chi connectivity index (χ0v) is 15.5. The quantitative estimate of drug-likeness (QED) is 0.811. The van der Waals surface area contributed by atoms with Crippen LogP contribution >= 0.6 is 15.9 Å². The lowest BCUT2D eigenvalue weighted by atomic mass is 10.0. The van der Waals surface area contributed by atoms with Gasteiger partial charge in [-0.25, -0.2) is 9.18 Å². The molecule has 0 saturated carbocycles. The Morgan fingerprint density at radius 2 is 2.17 bits per heavy atom. The number of benzene rings is 1. The van der Waals surface area contributed by atoms with E-state index in [1.165, 1.54) is 12.1 Å². The zero-order valence-electron chi connectivity index (χ0n) is 13.9. The summed E-state index contributed by atoms with van der Waals surface area (Å²) >= 11 is 3.40. The number of piperidine rings is 1. The van der Waals surface area contributed by atoms with Gasteiger partial charge in [-0.1, -0.05) is 0 Å². The third-order valence-electron chi connectivity index (χ3n) is 3.71. The summed E-state index contributed by atoms with van der Waals surface area (Å²) in [4.78, 5) is 14.1. The standard InChI is InChI=1S/C17H24BrFN2O2/c1-17(2,3)23-16(22)21-9-5-4-6-13(21)11-20-15-10-12(19)7-8-14(15)18/h7-8,10,13,20H,4-6,9,11H2,1-3H3. The van der Waals surface area contributed by atoms with E-state index in [4.69, 9.17) is 4.74 Å². The van der Waals surface area contributed by atoms with Crippen LogP contribution in [0.25, 0.3) is 0 Å². The van der Waals surface area contributed by atoms with Gasteiger partial charge in [0.25, 0.3) is 0 Å². The van der Waals surface area contributed by atoms with Gasteiger partial charge in [0.15, 0.2) is 0 Å². The Hall–Kier alpha value is -1.30. The van der Waals surface area contributed by atoms with Gasteiger partial charge >= 0.3 is 6.09 Å². The maximum Gasteiger partial charge on any atom is 0.410 e. The van der Waals surface area contributed by atoms with Gasteiger partial charge in [0.2, 0.25) is 0 Å². The monoisotopic (exact) mass is 386 g/mol. The van der Waals surface area contributed by atoms with Gasteiger partial charge in [-0.05, 0) is 74.2 Å². The van der Waals surface area contributed by atoms with Gasteiger partial charge in [0.1, 0.15) is 11.4 Å². The zero-order chi connectivity index (χ0) is 17.0. The summed E-state index contributed by atoms with van der Waals surface area (Å²) in [6, 6.07) is 4.58. The van der Waals surface area contributed by atoms with Crippen molar-refractivity contribution >= 4 is 27.7 Å². The van der Waals surface area contributed by atoms with Gasteiger partial charge in [-0.3, -0.25) is 0 Å². The molecule has 0 aromatic heterocycles. The van der Waals surface area contributed by atoms with Crippen molar-refractivity contribution in [2.24, 2.45) is 0 Å². The summed E-state index contributed by atoms with van der Waals surface area (Å²) < 4.78 is 19.7. The van der Waals surface area contributed by atoms with Crippen molar-refractivity contribution in [1.82, 2.24) is 4.90 Å². The molecule has 6 heteroatoms. The maximum absolute atomic E-state index is 13.4. The Morgan fingerprint density at radius 1 is 1.43 bits per heavy atom. The lowest BCUT2D eigenvalue weighted by Crippen LogP contribution is -2.48. The van der Waals surface area contributed by atoms with Crippen LogP contribution < -0.4 is 5.32 Å². The lowest BCUT2D eigenvalue weighted by molar-refractivity contribution is 0.0114. The summed E-state index contributed by atoms with van der Waals surface area (Å²) in [5.74, 6) is -0.289. The average Bonchev–Trinajstić information content (AvgIpc) is 2.47. The van der Waals surface area contributed by atoms with Crippen LogP contribution in [0.15, 0.2) is 22.7 Å². The van der Waals surface area contributed by atoms with Crippen molar-refractivity contribution in [3.05, 3.63) is 28.5 Å². The minimum absolute atomic E-state index is 0.0498. The Kier molecular flexibility index (Phi) is 5.89. The number of halogens is 2. The highest BCUT2D eigenvalue weighted by Crippen LogP contribution is 2.25. The number of likely N-dealkylation sites (tertiary alicyclic amines) is 1. The first kappa shape index (κ1) is 18.0. The first-order valence-corrected chi connectivity index (χ1v) is 8.74. The highest BCUT2D eigenvalue weighted by atomic mass is 79.9. The molecule has 1 fully saturated rings. The van der Waals surface area contributed by atoms with Gasteiger partial charge in [0, 0.05) is 17.6 Å². The number of hydrogen-bond acceptors (Lipinski definition) is 3. The SMILES string of the molecule is CC(C)(C)OC(=O)N1CCCCC1CNc1cc(F)ccc1Br. The molecule has 23 heavy (non-hydrogen) atoms. The second-order valence-corrected chi connectivity index (χ2v) is 7.68. The second-order valence-electron chi connectivity index (χ2n) is 6.83. The summed E-state index contributed by atoms with van der Waals surface area (Å²) in [5.41, 5.74) is 0.192. The molecule has 1 heterocycles. The van der Waals surface area contributed by atoms with Crippen LogP contribution in [0.2, 0.25) is 0 Å². The molecule has 1 aliphatic rings. The number of hydrogen-bond donors (Lipinski definition) is 1. The summed E-state index contributed by atoms with van der Waals surface area (Å²) in [6.45, 7) is 6.87. The van der Waals surface area contributed by atoms with Crippen LogP contribution in [-0.4, -0.2) is 35.7 Å². The Labute approximate surface area is 145 Å². The van der Waals surface area contributed by atoms with Crippen molar-refractivity contribution in [2.45, 2.75) is 51.7 Å². The fraction of sp³-hybridized carbons (Fsp3) is 0.588. The highest BCUT2D eigenvalue weighted by Gasteiger charge is 2.30. The Morgan fingerprint density at radius 3 is 2.87 bits per heavy atom. The van der Waals surface area contributed by atoms with E-state index >= 15 is 0 Å². The summed E-state index contributed by atoms with van der Waals surface area (Å²) in [6.07, 6.45) is 2.71. The van der Waals surface area contributed by atoms with Crippen LogP contribution in [0.3, 0.4) is 0 Å². The molecule has 1 aromatic rings. The fourth-order valence-corrected chi connectivity index (χ4v) is 3.02. The molecule has 128 valence electrons. The smallest absolute Gasteiger partial charge is 0.410 e. The summed E-state index contributed by atoms with van der Waals surface area (Å²) in [5, 5.41) is 3.23. The predicted octanol–water partition coefficient (Wildman–Crippen LogP) is 4.79. The molecule has 1 unspecified atom stereocenters. The van der Waals surface area contributed by atoms with Crippen LogP contribution in [-0.2, 0) is 4.74 Å². The number of nitrogens with one attached hydrogen (secondary N) is 1. The van der Waals surface area contributed by atoms with E-state index < -0.39 is 5.60 Å². The van der Waals surface area contributed by atoms with Gasteiger partial charge in [-0.2, -0.15) is 0 Å². The fourth-order valence-electron chi connectivity index (χ4n) is 2.63. The molecule has 1 amide bonds. The van der Waals surface area contributed by atoms with E-state index in [9.17, 15) is 9.18 Å². The van der Waals surface area contributed by atoms with Crippen molar-refractivity contribution in [3.8, 4) is 0 Å². The maximum atomic E-state index is 13.4. The number of amides is 1. The molecule has 1 atom stereocenters. The van der Waals surface area contributed by atoms with Gasteiger partial charge in [-0.15, -0.1) is 0 Å². The topological polar surface area (TPSA) is 41.6 Å². The molecule has 0 bridgehead atoms. The molecule has 1 aromatic carbocycles. The van der Waals surface area contributed by atoms with Gasteiger partial charge in [0.05, 0.1) is 11.7 Å². The van der Waals surface area contributed by atoms with E-state index in [0.29, 0.717) is 18.8 Å². The largest absolute Gasteiger partial charge is 0.444 e. The Bertz CT molecular complexity index is 560. The minimum atomic E-state index is -0.502. The molecule has 2 rings (SSSR count). The van der Waals surface area contributed by atoms with Crippen LogP contribution in [0, 0.1) is 5.82 Å². The number of carbonyl (C=O) groups excluding carboxylic acids is 1. The molecular formula is C17H24BrFN2O2. The lowest BCUT2D eigenvalue weighted by Gasteiger charge is -2.37. The number of anilines is 1. The molecule has 4 nitrogen and oxygen atoms in total. The van der Waals surface area contributed by atoms with Crippen molar-refractivity contribution < 1.29 is 13.9 Å². The van der Waals surface area contributed by atoms with Crippen molar-refractivity contribution in [1.29, 1.82) is 0 Å². The van der Waals surface area contributed by atoms with Crippen molar-refractivity contribution in [3.63, 3.8) is 0 Å². The molecule has 1 aliphatic heterocycles. The van der Waals surface area contributed by atoms with Gasteiger partial charge < -0.3 is 15.0 Å². The van der Waals surface area contributed by atoms with Crippen LogP contribution in [0.4, 0.5) is 14.9 Å². The number of ether oxygens (including phenoxy) is 1. The van der Waals surface area contributed by atoms with Crippen molar-refractivity contribution in [2.75, 3.05) is 18.4 Å². The minimum Gasteiger partial charge on any atom is -0.444 e. The third-order valence-corrected chi connectivity index (χ3v) is 4.40. The highest BCUT2D eigenvalue weighted by molar-refractivity contribution is 9.10. The molecule has 0 spiro atoms. The first-order chi connectivity index (χ1) is 10.8. The van der Waals surface area contributed by atoms with E-state index in [1.807, 2.05) is 20.8 Å². The average molecular weight is 387 g/mol. The van der Waals surface area contributed by atoms with E-state index in [1.54, 1.807) is 11.0 Å². The normalized spacial score (nSPS) is 18.7. The number of rotatable bonds is 3. The summed E-state index contributed by atoms with van der Waals surface area (Å²) in [7, 11) is 0. The van der Waals surface area contributed by atoms with E-state index in [-0.39, 0.29) is 18.0 Å². The van der Waals surface area contributed by atoms with E-state index in [2.05, 4.69) is 21.2 Å². The first-order valence-electron chi connectivity index (χ1n) is 7.95. The van der Waals surface area contributed by atoms with Crippen LogP contribution in [0.5, 0.6) is 0 Å². The molecule has 1 N–H and O–H groups in total. The molecular weight excluding hydrogens is 363 g/mol. The number of carbonyl (C=O) groups is 1. The number of nitrogens with zero attached hydrogens (tertiary/aromatic N) is 1. The Balaban J connectivity index is 2.01. The third kappa shape index (κ3) is 5.37. The predicted molar refractivity (Wildman–Crippen MR) is 93.2 cm³/mol.